The lowest BCUT2D eigenvalue weighted by molar-refractivity contribution is -0.122. The number of halogens is 1. The minimum atomic E-state index is -0.388. The fraction of sp³-hybridized carbons (Fsp3) is 0.533. The number of nitrogens with one attached hydrogen (secondary N) is 1. The van der Waals surface area contributed by atoms with Gasteiger partial charge in [0.2, 0.25) is 5.91 Å². The van der Waals surface area contributed by atoms with Gasteiger partial charge in [0.1, 0.15) is 0 Å². The highest BCUT2D eigenvalue weighted by molar-refractivity contribution is 6.31. The highest BCUT2D eigenvalue weighted by Gasteiger charge is 2.48. The van der Waals surface area contributed by atoms with Crippen LogP contribution in [-0.4, -0.2) is 5.91 Å². The van der Waals surface area contributed by atoms with Crippen molar-refractivity contribution in [2.24, 2.45) is 5.92 Å². The molecule has 1 aliphatic carbocycles. The molecule has 2 aliphatic rings. The van der Waals surface area contributed by atoms with Crippen LogP contribution in [0.4, 0.5) is 5.69 Å². The first kappa shape index (κ1) is 12.0. The Balaban J connectivity index is 2.05. The second kappa shape index (κ2) is 4.27. The summed E-state index contributed by atoms with van der Waals surface area (Å²) in [4.78, 5) is 12.4. The average Bonchev–Trinajstić information content (AvgIpc) is 2.64. The van der Waals surface area contributed by atoms with Gasteiger partial charge < -0.3 is 5.32 Å². The van der Waals surface area contributed by atoms with E-state index in [1.807, 2.05) is 18.2 Å². The van der Waals surface area contributed by atoms with E-state index in [-0.39, 0.29) is 11.3 Å². The summed E-state index contributed by atoms with van der Waals surface area (Å²) in [6.07, 6.45) is 6.08. The van der Waals surface area contributed by atoms with Gasteiger partial charge in [-0.05, 0) is 49.4 Å². The smallest absolute Gasteiger partial charge is 0.235 e. The molecule has 1 fully saturated rings. The van der Waals surface area contributed by atoms with Crippen molar-refractivity contribution in [2.75, 3.05) is 5.32 Å². The van der Waals surface area contributed by atoms with Crippen LogP contribution in [0.15, 0.2) is 18.2 Å². The molecule has 3 rings (SSSR count). The van der Waals surface area contributed by atoms with E-state index in [9.17, 15) is 4.79 Å². The van der Waals surface area contributed by atoms with Crippen LogP contribution in [0.3, 0.4) is 0 Å². The Hall–Kier alpha value is -1.02. The van der Waals surface area contributed by atoms with E-state index < -0.39 is 0 Å². The predicted octanol–water partition coefficient (Wildman–Crippen LogP) is 4.13. The number of carbonyl (C=O) groups is 1. The van der Waals surface area contributed by atoms with Crippen LogP contribution in [0, 0.1) is 5.92 Å². The van der Waals surface area contributed by atoms with Gasteiger partial charge in [0.15, 0.2) is 0 Å². The fourth-order valence-electron chi connectivity index (χ4n) is 3.51. The molecule has 0 bridgehead atoms. The van der Waals surface area contributed by atoms with E-state index in [0.29, 0.717) is 10.9 Å². The Morgan fingerprint density at radius 2 is 2.00 bits per heavy atom. The minimum absolute atomic E-state index is 0.145. The molecule has 3 heteroatoms. The van der Waals surface area contributed by atoms with Crippen LogP contribution in [0.25, 0.3) is 0 Å². The van der Waals surface area contributed by atoms with E-state index in [4.69, 9.17) is 11.6 Å². The normalized spacial score (nSPS) is 28.0. The Kier molecular flexibility index (Phi) is 2.86. The van der Waals surface area contributed by atoms with E-state index in [1.54, 1.807) is 0 Å². The average molecular weight is 264 g/mol. The van der Waals surface area contributed by atoms with Crippen molar-refractivity contribution >= 4 is 23.2 Å². The third-order valence-corrected chi connectivity index (χ3v) is 4.92. The molecule has 1 N–H and O–H groups in total. The molecule has 1 aromatic rings. The van der Waals surface area contributed by atoms with Crippen LogP contribution in [-0.2, 0) is 10.2 Å². The minimum Gasteiger partial charge on any atom is -0.325 e. The van der Waals surface area contributed by atoms with E-state index >= 15 is 0 Å². The molecule has 18 heavy (non-hydrogen) atoms. The molecule has 96 valence electrons. The molecule has 0 radical (unpaired) electrons. The summed E-state index contributed by atoms with van der Waals surface area (Å²) in [5.41, 5.74) is 1.64. The second-order valence-electron chi connectivity index (χ2n) is 5.68. The molecule has 0 spiro atoms. The van der Waals surface area contributed by atoms with Crippen molar-refractivity contribution in [3.05, 3.63) is 28.8 Å². The number of carbonyl (C=O) groups excluding carboxylic acids is 1. The Labute approximate surface area is 113 Å². The van der Waals surface area contributed by atoms with Gasteiger partial charge >= 0.3 is 0 Å². The standard InChI is InChI=1S/C15H18ClNO/c1-15(10-5-3-2-4-6-10)12-9-11(16)7-8-13(12)17-14(15)18/h7-10H,2-6H2,1H3,(H,17,18). The maximum absolute atomic E-state index is 12.4. The first-order chi connectivity index (χ1) is 8.62. The van der Waals surface area contributed by atoms with Crippen molar-refractivity contribution in [1.82, 2.24) is 0 Å². The largest absolute Gasteiger partial charge is 0.325 e. The first-order valence-electron chi connectivity index (χ1n) is 6.74. The lowest BCUT2D eigenvalue weighted by Gasteiger charge is -2.35. The fourth-order valence-corrected chi connectivity index (χ4v) is 3.69. The zero-order chi connectivity index (χ0) is 12.8. The topological polar surface area (TPSA) is 29.1 Å². The maximum atomic E-state index is 12.4. The van der Waals surface area contributed by atoms with Gasteiger partial charge in [-0.1, -0.05) is 30.9 Å². The van der Waals surface area contributed by atoms with Gasteiger partial charge in [-0.25, -0.2) is 0 Å². The number of amides is 1. The second-order valence-corrected chi connectivity index (χ2v) is 6.12. The summed E-state index contributed by atoms with van der Waals surface area (Å²) in [6, 6.07) is 5.72. The Bertz CT molecular complexity index is 493. The van der Waals surface area contributed by atoms with Gasteiger partial charge in [-0.15, -0.1) is 0 Å². The predicted molar refractivity (Wildman–Crippen MR) is 74.0 cm³/mol. The van der Waals surface area contributed by atoms with E-state index in [2.05, 4.69) is 12.2 Å². The maximum Gasteiger partial charge on any atom is 0.235 e. The van der Waals surface area contributed by atoms with Crippen LogP contribution in [0.2, 0.25) is 5.02 Å². The molecule has 0 saturated heterocycles. The van der Waals surface area contributed by atoms with Crippen molar-refractivity contribution < 1.29 is 4.79 Å². The highest BCUT2D eigenvalue weighted by atomic mass is 35.5. The molecule has 1 saturated carbocycles. The molecule has 1 atom stereocenters. The summed E-state index contributed by atoms with van der Waals surface area (Å²) >= 11 is 6.10. The zero-order valence-corrected chi connectivity index (χ0v) is 11.4. The SMILES string of the molecule is CC1(C2CCCCC2)C(=O)Nc2ccc(Cl)cc21. The number of benzene rings is 1. The van der Waals surface area contributed by atoms with E-state index in [0.717, 1.165) is 24.1 Å². The highest BCUT2D eigenvalue weighted by Crippen LogP contribution is 2.48. The van der Waals surface area contributed by atoms with Crippen molar-refractivity contribution in [2.45, 2.75) is 44.4 Å². The summed E-state index contributed by atoms with van der Waals surface area (Å²) in [5, 5.41) is 3.73. The Morgan fingerprint density at radius 3 is 2.72 bits per heavy atom. The molecule has 1 amide bonds. The van der Waals surface area contributed by atoms with Crippen LogP contribution in [0.5, 0.6) is 0 Å². The summed E-state index contributed by atoms with van der Waals surface area (Å²) in [6.45, 7) is 2.08. The van der Waals surface area contributed by atoms with E-state index in [1.165, 1.54) is 19.3 Å². The van der Waals surface area contributed by atoms with Gasteiger partial charge in [-0.2, -0.15) is 0 Å². The zero-order valence-electron chi connectivity index (χ0n) is 10.6. The lowest BCUT2D eigenvalue weighted by Crippen LogP contribution is -2.39. The van der Waals surface area contributed by atoms with Crippen LogP contribution < -0.4 is 5.32 Å². The molecule has 1 heterocycles. The molecule has 0 aromatic heterocycles. The van der Waals surface area contributed by atoms with Gasteiger partial charge in [0.25, 0.3) is 0 Å². The van der Waals surface area contributed by atoms with Crippen LogP contribution >= 0.6 is 11.6 Å². The molecule has 1 aliphatic heterocycles. The molecule has 1 aromatic carbocycles. The molecule has 1 unspecified atom stereocenters. The third kappa shape index (κ3) is 1.66. The van der Waals surface area contributed by atoms with Crippen molar-refractivity contribution in [1.29, 1.82) is 0 Å². The van der Waals surface area contributed by atoms with Crippen molar-refractivity contribution in [3.63, 3.8) is 0 Å². The molecular weight excluding hydrogens is 246 g/mol. The molecule has 2 nitrogen and oxygen atoms in total. The summed E-state index contributed by atoms with van der Waals surface area (Å²) < 4.78 is 0. The van der Waals surface area contributed by atoms with Gasteiger partial charge in [0, 0.05) is 10.7 Å². The number of anilines is 1. The number of rotatable bonds is 1. The van der Waals surface area contributed by atoms with Crippen LogP contribution in [0.1, 0.15) is 44.6 Å². The summed E-state index contributed by atoms with van der Waals surface area (Å²) in [5.74, 6) is 0.595. The monoisotopic (exact) mass is 263 g/mol. The first-order valence-corrected chi connectivity index (χ1v) is 7.11. The molecular formula is C15H18ClNO. The Morgan fingerprint density at radius 1 is 1.28 bits per heavy atom. The third-order valence-electron chi connectivity index (χ3n) is 4.68. The number of hydrogen-bond donors (Lipinski definition) is 1. The van der Waals surface area contributed by atoms with Gasteiger partial charge in [-0.3, -0.25) is 4.79 Å². The number of hydrogen-bond acceptors (Lipinski definition) is 1. The summed E-state index contributed by atoms with van der Waals surface area (Å²) in [7, 11) is 0. The quantitative estimate of drug-likeness (QED) is 0.811. The van der Waals surface area contributed by atoms with Crippen molar-refractivity contribution in [3.8, 4) is 0 Å². The number of fused-ring (bicyclic) bond motifs is 1. The van der Waals surface area contributed by atoms with Gasteiger partial charge in [0.05, 0.1) is 5.41 Å². The lowest BCUT2D eigenvalue weighted by atomic mass is 9.67.